The summed E-state index contributed by atoms with van der Waals surface area (Å²) in [4.78, 5) is 0. The molecule has 1 fully saturated rings. The minimum atomic E-state index is -0.332. The molecule has 1 aliphatic heterocycles. The number of ether oxygens (including phenoxy) is 3. The van der Waals surface area contributed by atoms with Crippen LogP contribution in [-0.2, 0) is 15.9 Å². The van der Waals surface area contributed by atoms with Gasteiger partial charge < -0.3 is 14.2 Å². The van der Waals surface area contributed by atoms with Crippen LogP contribution in [-0.4, -0.2) is 19.8 Å². The number of hydrogen-bond donors (Lipinski definition) is 0. The number of halogens is 2. The van der Waals surface area contributed by atoms with Crippen LogP contribution >= 0.6 is 27.5 Å². The summed E-state index contributed by atoms with van der Waals surface area (Å²) in [5, 5.41) is 0.719. The van der Waals surface area contributed by atoms with Crippen LogP contribution in [0.15, 0.2) is 40.9 Å². The Kier molecular flexibility index (Phi) is 5.59. The van der Waals surface area contributed by atoms with Gasteiger partial charge in [-0.25, -0.2) is 0 Å². The predicted molar refractivity (Wildman–Crippen MR) is 94.2 cm³/mol. The lowest BCUT2D eigenvalue weighted by atomic mass is 10.0. The maximum Gasteiger partial charge on any atom is 0.185 e. The van der Waals surface area contributed by atoms with E-state index in [1.54, 1.807) is 0 Å². The third kappa shape index (κ3) is 4.07. The first-order valence-electron chi connectivity index (χ1n) is 7.60. The van der Waals surface area contributed by atoms with Crippen molar-refractivity contribution in [3.63, 3.8) is 0 Å². The van der Waals surface area contributed by atoms with E-state index in [-0.39, 0.29) is 6.29 Å². The molecule has 3 rings (SSSR count). The SMILES string of the molecule is CCOc1ccc(Cc2cc(Br)c(C3OCCO3)cc2Cl)cc1. The van der Waals surface area contributed by atoms with E-state index < -0.39 is 0 Å². The highest BCUT2D eigenvalue weighted by molar-refractivity contribution is 9.10. The second-order valence-corrected chi connectivity index (χ2v) is 6.55. The van der Waals surface area contributed by atoms with Crippen LogP contribution in [0.4, 0.5) is 0 Å². The molecular formula is C18H18BrClO3. The van der Waals surface area contributed by atoms with Gasteiger partial charge in [-0.15, -0.1) is 0 Å². The number of rotatable bonds is 5. The fraction of sp³-hybridized carbons (Fsp3) is 0.333. The van der Waals surface area contributed by atoms with Crippen molar-refractivity contribution in [3.8, 4) is 5.75 Å². The Morgan fingerprint density at radius 2 is 1.87 bits per heavy atom. The minimum absolute atomic E-state index is 0.332. The Morgan fingerprint density at radius 3 is 2.52 bits per heavy atom. The second kappa shape index (κ2) is 7.67. The van der Waals surface area contributed by atoms with Gasteiger partial charge in [-0.1, -0.05) is 39.7 Å². The summed E-state index contributed by atoms with van der Waals surface area (Å²) in [5.74, 6) is 0.884. The zero-order valence-corrected chi connectivity index (χ0v) is 15.2. The van der Waals surface area contributed by atoms with Gasteiger partial charge in [0.2, 0.25) is 0 Å². The molecule has 0 aromatic heterocycles. The summed E-state index contributed by atoms with van der Waals surface area (Å²) in [7, 11) is 0. The van der Waals surface area contributed by atoms with E-state index >= 15 is 0 Å². The Balaban J connectivity index is 1.78. The third-order valence-corrected chi connectivity index (χ3v) is 4.71. The smallest absolute Gasteiger partial charge is 0.185 e. The lowest BCUT2D eigenvalue weighted by molar-refractivity contribution is -0.0446. The van der Waals surface area contributed by atoms with Crippen molar-refractivity contribution in [3.05, 3.63) is 62.6 Å². The van der Waals surface area contributed by atoms with Crippen LogP contribution in [0.25, 0.3) is 0 Å². The van der Waals surface area contributed by atoms with Gasteiger partial charge in [0.25, 0.3) is 0 Å². The summed E-state index contributed by atoms with van der Waals surface area (Å²) in [5.41, 5.74) is 3.18. The maximum absolute atomic E-state index is 6.45. The molecule has 2 aromatic rings. The molecule has 0 saturated carbocycles. The van der Waals surface area contributed by atoms with Crippen molar-refractivity contribution in [1.29, 1.82) is 0 Å². The molecule has 122 valence electrons. The van der Waals surface area contributed by atoms with E-state index in [0.29, 0.717) is 19.8 Å². The highest BCUT2D eigenvalue weighted by Gasteiger charge is 2.22. The zero-order valence-electron chi connectivity index (χ0n) is 12.9. The molecule has 5 heteroatoms. The number of benzene rings is 2. The van der Waals surface area contributed by atoms with E-state index in [9.17, 15) is 0 Å². The lowest BCUT2D eigenvalue weighted by Gasteiger charge is -2.14. The van der Waals surface area contributed by atoms with E-state index in [0.717, 1.165) is 32.8 Å². The van der Waals surface area contributed by atoms with E-state index in [4.69, 9.17) is 25.8 Å². The van der Waals surface area contributed by atoms with Gasteiger partial charge in [-0.05, 0) is 48.7 Å². The fourth-order valence-electron chi connectivity index (χ4n) is 2.55. The Labute approximate surface area is 149 Å². The van der Waals surface area contributed by atoms with Crippen molar-refractivity contribution in [2.24, 2.45) is 0 Å². The molecule has 0 radical (unpaired) electrons. The molecule has 0 bridgehead atoms. The van der Waals surface area contributed by atoms with Crippen LogP contribution in [0.1, 0.15) is 29.9 Å². The summed E-state index contributed by atoms with van der Waals surface area (Å²) in [6.45, 7) is 3.88. The summed E-state index contributed by atoms with van der Waals surface area (Å²) >= 11 is 10.1. The van der Waals surface area contributed by atoms with Crippen molar-refractivity contribution >= 4 is 27.5 Å². The quantitative estimate of drug-likeness (QED) is 0.699. The van der Waals surface area contributed by atoms with Crippen molar-refractivity contribution < 1.29 is 14.2 Å². The van der Waals surface area contributed by atoms with Gasteiger partial charge in [0, 0.05) is 15.1 Å². The molecule has 23 heavy (non-hydrogen) atoms. The molecule has 0 aliphatic carbocycles. The molecule has 0 spiro atoms. The average Bonchev–Trinajstić information content (AvgIpc) is 3.07. The van der Waals surface area contributed by atoms with Gasteiger partial charge >= 0.3 is 0 Å². The van der Waals surface area contributed by atoms with Crippen LogP contribution in [0, 0.1) is 0 Å². The van der Waals surface area contributed by atoms with Crippen LogP contribution in [0.2, 0.25) is 5.02 Å². The molecule has 0 N–H and O–H groups in total. The second-order valence-electron chi connectivity index (χ2n) is 5.29. The molecule has 1 aliphatic rings. The molecule has 2 aromatic carbocycles. The first kappa shape index (κ1) is 16.8. The summed E-state index contributed by atoms with van der Waals surface area (Å²) < 4.78 is 17.5. The summed E-state index contributed by atoms with van der Waals surface area (Å²) in [6.07, 6.45) is 0.428. The minimum Gasteiger partial charge on any atom is -0.494 e. The predicted octanol–water partition coefficient (Wildman–Crippen LogP) is 5.14. The molecule has 0 atom stereocenters. The zero-order chi connectivity index (χ0) is 16.2. The average molecular weight is 398 g/mol. The highest BCUT2D eigenvalue weighted by atomic mass is 79.9. The van der Waals surface area contributed by atoms with Crippen molar-refractivity contribution in [2.45, 2.75) is 19.6 Å². The van der Waals surface area contributed by atoms with Gasteiger partial charge in [0.1, 0.15) is 5.75 Å². The monoisotopic (exact) mass is 396 g/mol. The standard InChI is InChI=1S/C18H18BrClO3/c1-2-21-14-5-3-12(4-6-14)9-13-10-16(19)15(11-17(13)20)18-22-7-8-23-18/h3-6,10-11,18H,2,7-9H2,1H3. The first-order chi connectivity index (χ1) is 11.2. The molecule has 1 saturated heterocycles. The third-order valence-electron chi connectivity index (χ3n) is 3.67. The Hall–Kier alpha value is -1.07. The maximum atomic E-state index is 6.45. The van der Waals surface area contributed by atoms with Gasteiger partial charge in [0.15, 0.2) is 6.29 Å². The molecule has 0 unspecified atom stereocenters. The Morgan fingerprint density at radius 1 is 1.17 bits per heavy atom. The topological polar surface area (TPSA) is 27.7 Å². The van der Waals surface area contributed by atoms with Gasteiger partial charge in [-0.3, -0.25) is 0 Å². The van der Waals surface area contributed by atoms with Gasteiger partial charge in [-0.2, -0.15) is 0 Å². The van der Waals surface area contributed by atoms with Crippen molar-refractivity contribution in [2.75, 3.05) is 19.8 Å². The molecule has 3 nitrogen and oxygen atoms in total. The first-order valence-corrected chi connectivity index (χ1v) is 8.77. The molecule has 0 amide bonds. The normalized spacial score (nSPS) is 15.1. The molecule has 1 heterocycles. The molecular weight excluding hydrogens is 380 g/mol. The van der Waals surface area contributed by atoms with Crippen LogP contribution in [0.3, 0.4) is 0 Å². The van der Waals surface area contributed by atoms with Gasteiger partial charge in [0.05, 0.1) is 19.8 Å². The number of hydrogen-bond acceptors (Lipinski definition) is 3. The fourth-order valence-corrected chi connectivity index (χ4v) is 3.36. The highest BCUT2D eigenvalue weighted by Crippen LogP contribution is 2.34. The van der Waals surface area contributed by atoms with Crippen LogP contribution in [0.5, 0.6) is 5.75 Å². The van der Waals surface area contributed by atoms with Crippen LogP contribution < -0.4 is 4.74 Å². The lowest BCUT2D eigenvalue weighted by Crippen LogP contribution is -2.01. The van der Waals surface area contributed by atoms with E-state index in [1.165, 1.54) is 5.56 Å². The van der Waals surface area contributed by atoms with Crippen molar-refractivity contribution in [1.82, 2.24) is 0 Å². The Bertz CT molecular complexity index is 667. The largest absolute Gasteiger partial charge is 0.494 e. The summed E-state index contributed by atoms with van der Waals surface area (Å²) in [6, 6.07) is 12.1. The van der Waals surface area contributed by atoms with E-state index in [2.05, 4.69) is 28.1 Å². The van der Waals surface area contributed by atoms with E-state index in [1.807, 2.05) is 31.2 Å².